The van der Waals surface area contributed by atoms with Gasteiger partial charge in [-0.1, -0.05) is 85.5 Å². The average Bonchev–Trinajstić information content (AvgIpc) is 2.97. The van der Waals surface area contributed by atoms with Crippen molar-refractivity contribution in [3.05, 3.63) is 111 Å². The van der Waals surface area contributed by atoms with Gasteiger partial charge in [-0.2, -0.15) is 0 Å². The molecule has 4 rings (SSSR count). The molecule has 0 saturated heterocycles. The fourth-order valence-electron chi connectivity index (χ4n) is 4.94. The zero-order valence-corrected chi connectivity index (χ0v) is 23.9. The van der Waals surface area contributed by atoms with Gasteiger partial charge < -0.3 is 10.2 Å². The summed E-state index contributed by atoms with van der Waals surface area (Å²) in [5, 5.41) is 14.8. The number of thioether (sulfide) groups is 1. The first-order chi connectivity index (χ1) is 19.4. The van der Waals surface area contributed by atoms with Gasteiger partial charge in [0, 0.05) is 41.9 Å². The highest BCUT2D eigenvalue weighted by Gasteiger charge is 2.31. The molecule has 0 bridgehead atoms. The molecule has 3 aromatic rings. The number of nitrogens with zero attached hydrogens (tertiary/aromatic N) is 2. The molecule has 1 N–H and O–H groups in total. The molecule has 3 aromatic carbocycles. The molecule has 1 fully saturated rings. The number of non-ortho nitro benzene ring substituents is 1. The number of nitrogens with one attached hydrogen (secondary N) is 1. The average molecular weight is 580 g/mol. The van der Waals surface area contributed by atoms with E-state index in [1.807, 2.05) is 42.5 Å². The summed E-state index contributed by atoms with van der Waals surface area (Å²) in [5.74, 6) is 0.433. The number of amides is 2. The van der Waals surface area contributed by atoms with E-state index >= 15 is 0 Å². The summed E-state index contributed by atoms with van der Waals surface area (Å²) < 4.78 is 0. The molecule has 1 aliphatic rings. The molecule has 1 atom stereocenters. The Morgan fingerprint density at radius 3 is 2.23 bits per heavy atom. The molecule has 0 unspecified atom stereocenters. The molecule has 9 heteroatoms. The van der Waals surface area contributed by atoms with Crippen LogP contribution in [0.15, 0.2) is 78.9 Å². The monoisotopic (exact) mass is 579 g/mol. The molecule has 7 nitrogen and oxygen atoms in total. The lowest BCUT2D eigenvalue weighted by Crippen LogP contribution is -2.53. The fourth-order valence-corrected chi connectivity index (χ4v) is 5.93. The van der Waals surface area contributed by atoms with E-state index in [0.29, 0.717) is 17.2 Å². The quantitative estimate of drug-likeness (QED) is 0.193. The van der Waals surface area contributed by atoms with Gasteiger partial charge in [0.15, 0.2) is 0 Å². The first kappa shape index (κ1) is 29.6. The highest BCUT2D eigenvalue weighted by atomic mass is 35.5. The Morgan fingerprint density at radius 2 is 1.57 bits per heavy atom. The Hall–Kier alpha value is -3.36. The van der Waals surface area contributed by atoms with Crippen LogP contribution in [-0.2, 0) is 28.3 Å². The predicted octanol–water partition coefficient (Wildman–Crippen LogP) is 6.57. The lowest BCUT2D eigenvalue weighted by Gasteiger charge is -2.33. The second kappa shape index (κ2) is 14.9. The third-order valence-corrected chi connectivity index (χ3v) is 8.37. The zero-order chi connectivity index (χ0) is 28.3. The summed E-state index contributed by atoms with van der Waals surface area (Å²) in [6.07, 6.45) is 5.71. The molecular weight excluding hydrogens is 546 g/mol. The SMILES string of the molecule is O=C(NC1CCCCC1)[C@H](Cc1ccccc1)N(Cc1ccc(Cl)cc1)C(=O)CSCc1ccc([N+](=O)[O-])cc1. The van der Waals surface area contributed by atoms with Gasteiger partial charge in [0.1, 0.15) is 6.04 Å². The van der Waals surface area contributed by atoms with Gasteiger partial charge in [-0.15, -0.1) is 11.8 Å². The van der Waals surface area contributed by atoms with Gasteiger partial charge in [0.25, 0.3) is 5.69 Å². The summed E-state index contributed by atoms with van der Waals surface area (Å²) in [4.78, 5) is 39.8. The van der Waals surface area contributed by atoms with Crippen LogP contribution in [0.1, 0.15) is 48.8 Å². The van der Waals surface area contributed by atoms with E-state index in [1.165, 1.54) is 30.3 Å². The summed E-state index contributed by atoms with van der Waals surface area (Å²) in [5.41, 5.74) is 2.80. The highest BCUT2D eigenvalue weighted by Crippen LogP contribution is 2.22. The first-order valence-corrected chi connectivity index (χ1v) is 15.1. The number of nitro benzene ring substituents is 1. The molecule has 0 heterocycles. The lowest BCUT2D eigenvalue weighted by molar-refractivity contribution is -0.384. The standard InChI is InChI=1S/C31H34ClN3O4S/c32-26-15-11-24(12-16-26)20-34(30(36)22-40-21-25-13-17-28(18-14-25)35(38)39)29(19-23-7-3-1-4-8-23)31(37)33-27-9-5-2-6-10-27/h1,3-4,7-8,11-18,27,29H,2,5-6,9-10,19-22H2,(H,33,37)/t29-/m0/s1. The Balaban J connectivity index is 1.54. The number of carbonyl (C=O) groups excluding carboxylic acids is 2. The van der Waals surface area contributed by atoms with Crippen molar-refractivity contribution in [1.82, 2.24) is 10.2 Å². The fraction of sp³-hybridized carbons (Fsp3) is 0.355. The maximum atomic E-state index is 13.8. The van der Waals surface area contributed by atoms with Crippen molar-refractivity contribution >= 4 is 40.9 Å². The van der Waals surface area contributed by atoms with Crippen molar-refractivity contribution in [3.8, 4) is 0 Å². The van der Waals surface area contributed by atoms with Crippen molar-refractivity contribution in [2.24, 2.45) is 0 Å². The molecule has 1 saturated carbocycles. The number of rotatable bonds is 12. The topological polar surface area (TPSA) is 92.6 Å². The van der Waals surface area contributed by atoms with Crippen molar-refractivity contribution < 1.29 is 14.5 Å². The predicted molar refractivity (Wildman–Crippen MR) is 160 cm³/mol. The Morgan fingerprint density at radius 1 is 0.925 bits per heavy atom. The third-order valence-electron chi connectivity index (χ3n) is 7.13. The maximum absolute atomic E-state index is 13.8. The van der Waals surface area contributed by atoms with E-state index in [0.717, 1.165) is 42.4 Å². The van der Waals surface area contributed by atoms with Crippen LogP contribution in [0.3, 0.4) is 0 Å². The molecule has 1 aliphatic carbocycles. The van der Waals surface area contributed by atoms with E-state index in [4.69, 9.17) is 11.6 Å². The van der Waals surface area contributed by atoms with Crippen LogP contribution in [0.25, 0.3) is 0 Å². The molecule has 40 heavy (non-hydrogen) atoms. The van der Waals surface area contributed by atoms with E-state index < -0.39 is 11.0 Å². The molecular formula is C31H34ClN3O4S. The number of hydrogen-bond acceptors (Lipinski definition) is 5. The van der Waals surface area contributed by atoms with Gasteiger partial charge in [0.05, 0.1) is 10.7 Å². The number of hydrogen-bond donors (Lipinski definition) is 1. The second-order valence-corrected chi connectivity index (χ2v) is 11.5. The number of halogens is 1. The van der Waals surface area contributed by atoms with E-state index in [9.17, 15) is 19.7 Å². The van der Waals surface area contributed by atoms with Gasteiger partial charge in [0.2, 0.25) is 11.8 Å². The van der Waals surface area contributed by atoms with E-state index in [1.54, 1.807) is 29.2 Å². The minimum absolute atomic E-state index is 0.0340. The Bertz CT molecular complexity index is 1270. The normalized spacial score (nSPS) is 14.3. The highest BCUT2D eigenvalue weighted by molar-refractivity contribution is 7.99. The second-order valence-electron chi connectivity index (χ2n) is 10.1. The van der Waals surface area contributed by atoms with Crippen molar-refractivity contribution in [3.63, 3.8) is 0 Å². The molecule has 0 aromatic heterocycles. The summed E-state index contributed by atoms with van der Waals surface area (Å²) in [6.45, 7) is 0.281. The molecule has 2 amide bonds. The van der Waals surface area contributed by atoms with Crippen LogP contribution in [0.5, 0.6) is 0 Å². The van der Waals surface area contributed by atoms with Crippen LogP contribution in [0, 0.1) is 10.1 Å². The maximum Gasteiger partial charge on any atom is 0.269 e. The van der Waals surface area contributed by atoms with Crippen molar-refractivity contribution in [2.45, 2.75) is 62.9 Å². The Kier molecular flexibility index (Phi) is 11.0. The minimum atomic E-state index is -0.674. The van der Waals surface area contributed by atoms with Crippen LogP contribution >= 0.6 is 23.4 Å². The lowest BCUT2D eigenvalue weighted by atomic mass is 9.94. The number of benzene rings is 3. The van der Waals surface area contributed by atoms with Crippen LogP contribution in [0.2, 0.25) is 5.02 Å². The molecule has 0 spiro atoms. The largest absolute Gasteiger partial charge is 0.352 e. The van der Waals surface area contributed by atoms with Crippen molar-refractivity contribution in [1.29, 1.82) is 0 Å². The van der Waals surface area contributed by atoms with Crippen LogP contribution < -0.4 is 5.32 Å². The summed E-state index contributed by atoms with van der Waals surface area (Å²) in [6, 6.07) is 22.9. The van der Waals surface area contributed by atoms with Gasteiger partial charge in [-0.25, -0.2) is 0 Å². The molecule has 0 aliphatic heterocycles. The van der Waals surface area contributed by atoms with Gasteiger partial charge >= 0.3 is 0 Å². The smallest absolute Gasteiger partial charge is 0.269 e. The third kappa shape index (κ3) is 8.83. The van der Waals surface area contributed by atoms with E-state index in [-0.39, 0.29) is 35.8 Å². The molecule has 0 radical (unpaired) electrons. The summed E-state index contributed by atoms with van der Waals surface area (Å²) in [7, 11) is 0. The van der Waals surface area contributed by atoms with Gasteiger partial charge in [-0.3, -0.25) is 19.7 Å². The first-order valence-electron chi connectivity index (χ1n) is 13.6. The minimum Gasteiger partial charge on any atom is -0.352 e. The van der Waals surface area contributed by atoms with Crippen LogP contribution in [-0.4, -0.2) is 39.5 Å². The van der Waals surface area contributed by atoms with Gasteiger partial charge in [-0.05, 0) is 41.7 Å². The molecule has 210 valence electrons. The van der Waals surface area contributed by atoms with Crippen molar-refractivity contribution in [2.75, 3.05) is 5.75 Å². The number of nitro groups is 1. The zero-order valence-electron chi connectivity index (χ0n) is 22.3. The van der Waals surface area contributed by atoms with E-state index in [2.05, 4.69) is 5.32 Å². The Labute approximate surface area is 244 Å². The summed E-state index contributed by atoms with van der Waals surface area (Å²) >= 11 is 7.54. The number of carbonyl (C=O) groups is 2. The van der Waals surface area contributed by atoms with Crippen LogP contribution in [0.4, 0.5) is 5.69 Å².